The molecule has 5 nitrogen and oxygen atoms in total. The van der Waals surface area contributed by atoms with Crippen LogP contribution in [0.15, 0.2) is 6.20 Å². The number of rotatable bonds is 3. The van der Waals surface area contributed by atoms with Gasteiger partial charge in [0.1, 0.15) is 5.56 Å². The number of halogens is 5. The fourth-order valence-electron chi connectivity index (χ4n) is 1.27. The molecule has 0 radical (unpaired) electrons. The summed E-state index contributed by atoms with van der Waals surface area (Å²) in [4.78, 5) is 12.0. The van der Waals surface area contributed by atoms with E-state index < -0.39 is 40.2 Å². The quantitative estimate of drug-likeness (QED) is 0.482. The molecular formula is C8H5F5N2O3. The van der Waals surface area contributed by atoms with Crippen molar-refractivity contribution in [1.82, 2.24) is 4.98 Å². The molecule has 1 heterocycles. The van der Waals surface area contributed by atoms with Gasteiger partial charge in [-0.25, -0.2) is 13.8 Å². The largest absolute Gasteiger partial charge is 0.480 e. The predicted octanol–water partition coefficient (Wildman–Crippen LogP) is 2.95. The molecule has 1 aromatic heterocycles. The van der Waals surface area contributed by atoms with Gasteiger partial charge in [-0.3, -0.25) is 10.1 Å². The zero-order valence-corrected chi connectivity index (χ0v) is 8.66. The Balaban J connectivity index is 3.71. The van der Waals surface area contributed by atoms with Crippen molar-refractivity contribution >= 4 is 5.69 Å². The average Bonchev–Trinajstić information content (AvgIpc) is 2.25. The third-order valence-corrected chi connectivity index (χ3v) is 1.94. The highest BCUT2D eigenvalue weighted by Crippen LogP contribution is 2.44. The molecule has 0 aromatic carbocycles. The molecule has 0 N–H and O–H groups in total. The molecule has 0 fully saturated rings. The zero-order chi connectivity index (χ0) is 14.1. The first kappa shape index (κ1) is 14.1. The number of pyridine rings is 1. The Morgan fingerprint density at radius 2 is 2.00 bits per heavy atom. The van der Waals surface area contributed by atoms with Gasteiger partial charge in [-0.1, -0.05) is 0 Å². The van der Waals surface area contributed by atoms with Gasteiger partial charge >= 0.3 is 6.18 Å². The number of nitro groups is 1. The van der Waals surface area contributed by atoms with Crippen LogP contribution in [0, 0.1) is 10.1 Å². The van der Waals surface area contributed by atoms with Crippen molar-refractivity contribution in [3.05, 3.63) is 27.4 Å². The number of alkyl halides is 5. The molecular weight excluding hydrogens is 267 g/mol. The van der Waals surface area contributed by atoms with E-state index in [-0.39, 0.29) is 6.20 Å². The number of hydrogen-bond acceptors (Lipinski definition) is 4. The van der Waals surface area contributed by atoms with Crippen LogP contribution in [0.25, 0.3) is 0 Å². The molecule has 0 saturated heterocycles. The van der Waals surface area contributed by atoms with E-state index in [2.05, 4.69) is 9.72 Å². The van der Waals surface area contributed by atoms with Crippen molar-refractivity contribution in [2.24, 2.45) is 0 Å². The van der Waals surface area contributed by atoms with Crippen LogP contribution in [0.3, 0.4) is 0 Å². The Morgan fingerprint density at radius 1 is 1.44 bits per heavy atom. The van der Waals surface area contributed by atoms with Crippen molar-refractivity contribution in [2.45, 2.75) is 12.6 Å². The second-order valence-electron chi connectivity index (χ2n) is 3.00. The van der Waals surface area contributed by atoms with E-state index >= 15 is 0 Å². The zero-order valence-electron chi connectivity index (χ0n) is 8.66. The van der Waals surface area contributed by atoms with Crippen LogP contribution >= 0.6 is 0 Å². The van der Waals surface area contributed by atoms with Crippen LogP contribution in [-0.4, -0.2) is 17.0 Å². The first-order valence-electron chi connectivity index (χ1n) is 4.26. The maximum atomic E-state index is 12.6. The van der Waals surface area contributed by atoms with Gasteiger partial charge in [-0.2, -0.15) is 13.2 Å². The summed E-state index contributed by atoms with van der Waals surface area (Å²) in [5.41, 5.74) is -5.08. The minimum atomic E-state index is -5.23. The van der Waals surface area contributed by atoms with Crippen molar-refractivity contribution in [3.8, 4) is 5.88 Å². The lowest BCUT2D eigenvalue weighted by Crippen LogP contribution is -2.14. The van der Waals surface area contributed by atoms with E-state index in [1.807, 2.05) is 0 Å². The minimum absolute atomic E-state index is 0.289. The van der Waals surface area contributed by atoms with Crippen LogP contribution in [0.1, 0.15) is 17.6 Å². The highest BCUT2D eigenvalue weighted by molar-refractivity contribution is 5.53. The first-order valence-corrected chi connectivity index (χ1v) is 4.26. The number of nitrogens with zero attached hydrogens (tertiary/aromatic N) is 2. The number of aromatic nitrogens is 1. The van der Waals surface area contributed by atoms with Gasteiger partial charge in [-0.05, 0) is 0 Å². The maximum absolute atomic E-state index is 12.6. The predicted molar refractivity (Wildman–Crippen MR) is 47.4 cm³/mol. The molecule has 18 heavy (non-hydrogen) atoms. The second kappa shape index (κ2) is 4.70. The van der Waals surface area contributed by atoms with E-state index in [1.54, 1.807) is 0 Å². The van der Waals surface area contributed by atoms with Crippen LogP contribution in [-0.2, 0) is 6.18 Å². The highest BCUT2D eigenvalue weighted by Gasteiger charge is 2.45. The molecule has 0 unspecified atom stereocenters. The topological polar surface area (TPSA) is 65.3 Å². The summed E-state index contributed by atoms with van der Waals surface area (Å²) < 4.78 is 67.0. The smallest absolute Gasteiger partial charge is 0.428 e. The summed E-state index contributed by atoms with van der Waals surface area (Å²) in [5, 5.41) is 10.6. The van der Waals surface area contributed by atoms with Gasteiger partial charge in [0, 0.05) is 6.20 Å². The Hall–Kier alpha value is -2.00. The molecule has 0 bridgehead atoms. The molecule has 10 heteroatoms. The van der Waals surface area contributed by atoms with Gasteiger partial charge in [-0.15, -0.1) is 0 Å². The van der Waals surface area contributed by atoms with Gasteiger partial charge < -0.3 is 4.74 Å². The normalized spacial score (nSPS) is 11.7. The number of methoxy groups -OCH3 is 1. The molecule has 0 aliphatic heterocycles. The molecule has 100 valence electrons. The highest BCUT2D eigenvalue weighted by atomic mass is 19.4. The van der Waals surface area contributed by atoms with E-state index in [1.165, 1.54) is 0 Å². The molecule has 1 rings (SSSR count). The van der Waals surface area contributed by atoms with E-state index in [4.69, 9.17) is 0 Å². The maximum Gasteiger partial charge on any atom is 0.428 e. The summed E-state index contributed by atoms with van der Waals surface area (Å²) in [6.45, 7) is 0. The lowest BCUT2D eigenvalue weighted by atomic mass is 10.1. The Bertz CT molecular complexity index is 475. The van der Waals surface area contributed by atoms with Crippen molar-refractivity contribution in [2.75, 3.05) is 7.11 Å². The Labute approximate surface area is 96.3 Å². The van der Waals surface area contributed by atoms with E-state index in [9.17, 15) is 32.1 Å². The molecule has 0 amide bonds. The fourth-order valence-corrected chi connectivity index (χ4v) is 1.27. The molecule has 0 aliphatic rings. The number of hydrogen-bond donors (Lipinski definition) is 0. The van der Waals surface area contributed by atoms with Gasteiger partial charge in [0.05, 0.1) is 12.0 Å². The lowest BCUT2D eigenvalue weighted by Gasteiger charge is -2.13. The van der Waals surface area contributed by atoms with Gasteiger partial charge in [0.2, 0.25) is 5.88 Å². The average molecular weight is 272 g/mol. The monoisotopic (exact) mass is 272 g/mol. The summed E-state index contributed by atoms with van der Waals surface area (Å²) in [6, 6.07) is 0. The third kappa shape index (κ3) is 2.46. The van der Waals surface area contributed by atoms with Crippen LogP contribution in [0.4, 0.5) is 27.6 Å². The lowest BCUT2D eigenvalue weighted by molar-refractivity contribution is -0.389. The molecule has 0 saturated carbocycles. The van der Waals surface area contributed by atoms with Crippen LogP contribution in [0.5, 0.6) is 5.88 Å². The summed E-state index contributed by atoms with van der Waals surface area (Å²) >= 11 is 0. The molecule has 0 aliphatic carbocycles. The summed E-state index contributed by atoms with van der Waals surface area (Å²) in [6.07, 6.45) is -8.40. The van der Waals surface area contributed by atoms with Crippen LogP contribution in [0.2, 0.25) is 0 Å². The van der Waals surface area contributed by atoms with Gasteiger partial charge in [0.15, 0.2) is 5.56 Å². The van der Waals surface area contributed by atoms with Crippen molar-refractivity contribution in [3.63, 3.8) is 0 Å². The third-order valence-electron chi connectivity index (χ3n) is 1.94. The first-order chi connectivity index (χ1) is 8.20. The standard InChI is InChI=1S/C8H5F5N2O3/c1-18-7-4(8(11,12)13)5(15(16)17)3(2-14-7)6(9)10/h2,6H,1H3. The molecule has 0 spiro atoms. The second-order valence-corrected chi connectivity index (χ2v) is 3.00. The fraction of sp³-hybridized carbons (Fsp3) is 0.375. The summed E-state index contributed by atoms with van der Waals surface area (Å²) in [7, 11) is 0.795. The molecule has 0 atom stereocenters. The number of ether oxygens (including phenoxy) is 1. The SMILES string of the molecule is COc1ncc(C(F)F)c([N+](=O)[O-])c1C(F)(F)F. The Morgan fingerprint density at radius 3 is 2.33 bits per heavy atom. The Kier molecular flexibility index (Phi) is 3.67. The van der Waals surface area contributed by atoms with Crippen LogP contribution < -0.4 is 4.74 Å². The molecule has 1 aromatic rings. The summed E-state index contributed by atoms with van der Waals surface area (Å²) in [5.74, 6) is -1.13. The van der Waals surface area contributed by atoms with Crippen molar-refractivity contribution < 1.29 is 31.6 Å². The van der Waals surface area contributed by atoms with Crippen molar-refractivity contribution in [1.29, 1.82) is 0 Å². The minimum Gasteiger partial charge on any atom is -0.480 e. The van der Waals surface area contributed by atoms with Gasteiger partial charge in [0.25, 0.3) is 12.1 Å². The van der Waals surface area contributed by atoms with E-state index in [0.717, 1.165) is 7.11 Å². The van der Waals surface area contributed by atoms with E-state index in [0.29, 0.717) is 0 Å².